The first-order valence-corrected chi connectivity index (χ1v) is 13.5. The van der Waals surface area contributed by atoms with Crippen molar-refractivity contribution in [1.29, 1.82) is 5.26 Å². The van der Waals surface area contributed by atoms with E-state index in [0.29, 0.717) is 29.9 Å². The maximum absolute atomic E-state index is 12.5. The Morgan fingerprint density at radius 2 is 1.28 bits per heavy atom. The zero-order valence-electron chi connectivity index (χ0n) is 22.2. The Labute approximate surface area is 216 Å². The number of hydrogen-bond donors (Lipinski definition) is 0. The van der Waals surface area contributed by atoms with Gasteiger partial charge in [0, 0.05) is 0 Å². The van der Waals surface area contributed by atoms with Crippen molar-refractivity contribution in [3.8, 4) is 17.6 Å². The highest BCUT2D eigenvalue weighted by molar-refractivity contribution is 5.91. The lowest BCUT2D eigenvalue weighted by molar-refractivity contribution is -0.142. The van der Waals surface area contributed by atoms with Gasteiger partial charge in [-0.05, 0) is 68.1 Å². The van der Waals surface area contributed by atoms with Gasteiger partial charge < -0.3 is 9.47 Å². The zero-order valence-corrected chi connectivity index (χ0v) is 22.2. The highest BCUT2D eigenvalue weighted by Crippen LogP contribution is 2.26. The second-order valence-corrected chi connectivity index (χ2v) is 9.72. The first kappa shape index (κ1) is 29.1. The quantitative estimate of drug-likeness (QED) is 0.134. The number of hydrogen-bond acceptors (Lipinski definition) is 5. The lowest BCUT2D eigenvalue weighted by Crippen LogP contribution is -2.30. The minimum atomic E-state index is -1.18. The van der Waals surface area contributed by atoms with Gasteiger partial charge in [0.05, 0.1) is 11.6 Å². The SMILES string of the molecule is CCCCCCCCCCCc1ccc(C(=O)Oc2ccc(OC(=O)C(C)(C#N)CCC)cc2)cc1. The van der Waals surface area contributed by atoms with Crippen LogP contribution in [0.5, 0.6) is 11.5 Å². The molecule has 0 saturated heterocycles. The van der Waals surface area contributed by atoms with E-state index in [9.17, 15) is 14.9 Å². The second-order valence-electron chi connectivity index (χ2n) is 9.72. The van der Waals surface area contributed by atoms with Gasteiger partial charge >= 0.3 is 11.9 Å². The molecule has 2 rings (SSSR count). The largest absolute Gasteiger partial charge is 0.425 e. The molecule has 0 aliphatic heterocycles. The molecule has 2 aromatic carbocycles. The maximum Gasteiger partial charge on any atom is 0.343 e. The zero-order chi connectivity index (χ0) is 26.2. The molecular formula is C31H41NO4. The topological polar surface area (TPSA) is 76.4 Å². The van der Waals surface area contributed by atoms with Gasteiger partial charge in [-0.25, -0.2) is 9.59 Å². The third-order valence-corrected chi connectivity index (χ3v) is 6.45. The Morgan fingerprint density at radius 3 is 1.81 bits per heavy atom. The van der Waals surface area contributed by atoms with Crippen LogP contribution in [0.3, 0.4) is 0 Å². The fourth-order valence-electron chi connectivity index (χ4n) is 4.11. The number of carbonyl (C=O) groups is 2. The molecule has 5 heteroatoms. The summed E-state index contributed by atoms with van der Waals surface area (Å²) in [5.74, 6) is -0.359. The Morgan fingerprint density at radius 1 is 0.750 bits per heavy atom. The summed E-state index contributed by atoms with van der Waals surface area (Å²) in [6, 6.07) is 15.9. The van der Waals surface area contributed by atoms with E-state index in [1.165, 1.54) is 63.4 Å². The molecule has 0 heterocycles. The number of carbonyl (C=O) groups excluding carboxylic acids is 2. The number of aryl methyl sites for hydroxylation is 1. The van der Waals surface area contributed by atoms with E-state index >= 15 is 0 Å². The van der Waals surface area contributed by atoms with Gasteiger partial charge in [-0.1, -0.05) is 83.8 Å². The average Bonchev–Trinajstić information content (AvgIpc) is 2.89. The standard InChI is InChI=1S/C31H41NO4/c1-4-6-7-8-9-10-11-12-13-14-25-15-17-26(18-16-25)29(33)35-27-19-21-28(22-20-27)36-30(34)31(3,24-32)23-5-2/h15-22H,4-14,23H2,1-3H3. The van der Waals surface area contributed by atoms with Gasteiger partial charge in [0.15, 0.2) is 5.41 Å². The van der Waals surface area contributed by atoms with Gasteiger partial charge in [-0.2, -0.15) is 5.26 Å². The Bertz CT molecular complexity index is 975. The number of nitriles is 1. The van der Waals surface area contributed by atoms with Crippen molar-refractivity contribution in [1.82, 2.24) is 0 Å². The van der Waals surface area contributed by atoms with Crippen LogP contribution in [-0.4, -0.2) is 11.9 Å². The minimum Gasteiger partial charge on any atom is -0.425 e. The second kappa shape index (κ2) is 15.8. The maximum atomic E-state index is 12.5. The van der Waals surface area contributed by atoms with E-state index in [-0.39, 0.29) is 0 Å². The smallest absolute Gasteiger partial charge is 0.343 e. The van der Waals surface area contributed by atoms with Crippen LogP contribution >= 0.6 is 0 Å². The van der Waals surface area contributed by atoms with E-state index in [0.717, 1.165) is 6.42 Å². The molecule has 0 saturated carbocycles. The molecule has 1 atom stereocenters. The Kier molecular flexibility index (Phi) is 12.8. The van der Waals surface area contributed by atoms with Crippen LogP contribution in [0.25, 0.3) is 0 Å². The van der Waals surface area contributed by atoms with Crippen molar-refractivity contribution in [3.63, 3.8) is 0 Å². The van der Waals surface area contributed by atoms with Gasteiger partial charge in [-0.3, -0.25) is 0 Å². The van der Waals surface area contributed by atoms with Crippen LogP contribution in [0, 0.1) is 16.7 Å². The third kappa shape index (κ3) is 9.85. The fourth-order valence-corrected chi connectivity index (χ4v) is 4.11. The highest BCUT2D eigenvalue weighted by Gasteiger charge is 2.34. The molecule has 36 heavy (non-hydrogen) atoms. The molecular weight excluding hydrogens is 450 g/mol. The fraction of sp³-hybridized carbons (Fsp3) is 0.516. The molecule has 0 radical (unpaired) electrons. The van der Waals surface area contributed by atoms with Crippen molar-refractivity contribution < 1.29 is 19.1 Å². The van der Waals surface area contributed by atoms with E-state index in [2.05, 4.69) is 6.92 Å². The van der Waals surface area contributed by atoms with Gasteiger partial charge in [0.2, 0.25) is 0 Å². The molecule has 0 aliphatic carbocycles. The summed E-state index contributed by atoms with van der Waals surface area (Å²) in [4.78, 5) is 24.9. The summed E-state index contributed by atoms with van der Waals surface area (Å²) in [6.07, 6.45) is 13.9. The Hall–Kier alpha value is -3.13. The number of esters is 2. The first-order valence-electron chi connectivity index (χ1n) is 13.5. The molecule has 0 spiro atoms. The van der Waals surface area contributed by atoms with Crippen LogP contribution in [0.1, 0.15) is 107 Å². The van der Waals surface area contributed by atoms with Crippen LogP contribution in [0.2, 0.25) is 0 Å². The van der Waals surface area contributed by atoms with Crippen molar-refractivity contribution in [2.45, 2.75) is 97.8 Å². The van der Waals surface area contributed by atoms with Crippen molar-refractivity contribution in [2.75, 3.05) is 0 Å². The lowest BCUT2D eigenvalue weighted by atomic mass is 9.87. The predicted octanol–water partition coefficient (Wildman–Crippen LogP) is 8.21. The number of unbranched alkanes of at least 4 members (excludes halogenated alkanes) is 8. The van der Waals surface area contributed by atoms with E-state index in [4.69, 9.17) is 9.47 Å². The molecule has 1 unspecified atom stereocenters. The number of nitrogens with zero attached hydrogens (tertiary/aromatic N) is 1. The van der Waals surface area contributed by atoms with Gasteiger partial charge in [0.1, 0.15) is 11.5 Å². The van der Waals surface area contributed by atoms with Crippen LogP contribution < -0.4 is 9.47 Å². The summed E-state index contributed by atoms with van der Waals surface area (Å²) in [6.45, 7) is 5.74. The Balaban J connectivity index is 1.75. The molecule has 0 aliphatic rings. The molecule has 0 amide bonds. The van der Waals surface area contributed by atoms with Crippen LogP contribution in [0.4, 0.5) is 0 Å². The van der Waals surface area contributed by atoms with E-state index in [1.807, 2.05) is 25.1 Å². The summed E-state index contributed by atoms with van der Waals surface area (Å²) in [5.41, 5.74) is 0.540. The normalized spacial score (nSPS) is 12.4. The molecule has 194 valence electrons. The summed E-state index contributed by atoms with van der Waals surface area (Å²) in [7, 11) is 0. The van der Waals surface area contributed by atoms with Gasteiger partial charge in [0.25, 0.3) is 0 Å². The predicted molar refractivity (Wildman–Crippen MR) is 143 cm³/mol. The molecule has 0 N–H and O–H groups in total. The van der Waals surface area contributed by atoms with Gasteiger partial charge in [-0.15, -0.1) is 0 Å². The number of benzene rings is 2. The minimum absolute atomic E-state index is 0.304. The number of ether oxygens (including phenoxy) is 2. The first-order chi connectivity index (χ1) is 17.4. The average molecular weight is 492 g/mol. The van der Waals surface area contributed by atoms with E-state index < -0.39 is 17.4 Å². The molecule has 2 aromatic rings. The number of rotatable bonds is 16. The third-order valence-electron chi connectivity index (χ3n) is 6.45. The molecule has 0 aromatic heterocycles. The monoisotopic (exact) mass is 491 g/mol. The van der Waals surface area contributed by atoms with Crippen molar-refractivity contribution >= 4 is 11.9 Å². The van der Waals surface area contributed by atoms with E-state index in [1.54, 1.807) is 43.3 Å². The molecule has 0 fully saturated rings. The summed E-state index contributed by atoms with van der Waals surface area (Å²) >= 11 is 0. The summed E-state index contributed by atoms with van der Waals surface area (Å²) < 4.78 is 10.8. The summed E-state index contributed by atoms with van der Waals surface area (Å²) in [5, 5.41) is 9.33. The highest BCUT2D eigenvalue weighted by atomic mass is 16.5. The lowest BCUT2D eigenvalue weighted by Gasteiger charge is -2.18. The molecule has 0 bridgehead atoms. The van der Waals surface area contributed by atoms with Crippen LogP contribution in [0.15, 0.2) is 48.5 Å². The van der Waals surface area contributed by atoms with Crippen molar-refractivity contribution in [2.24, 2.45) is 5.41 Å². The van der Waals surface area contributed by atoms with Crippen molar-refractivity contribution in [3.05, 3.63) is 59.7 Å². The molecule has 5 nitrogen and oxygen atoms in total. The van der Waals surface area contributed by atoms with Crippen LogP contribution in [-0.2, 0) is 11.2 Å².